The molecule has 0 saturated heterocycles. The molecule has 31 heavy (non-hydrogen) atoms. The van der Waals surface area contributed by atoms with E-state index in [9.17, 15) is 14.0 Å². The van der Waals surface area contributed by atoms with Crippen molar-refractivity contribution >= 4 is 23.2 Å². The van der Waals surface area contributed by atoms with Crippen molar-refractivity contribution in [2.24, 2.45) is 5.92 Å². The maximum absolute atomic E-state index is 13.5. The fraction of sp³-hybridized carbons (Fsp3) is 0.478. The molecule has 0 N–H and O–H groups in total. The van der Waals surface area contributed by atoms with E-state index in [1.165, 1.54) is 24.1 Å². The number of rotatable bonds is 9. The second kappa shape index (κ2) is 10.7. The number of fused-ring (bicyclic) bond motifs is 1. The number of halogens is 1. The van der Waals surface area contributed by atoms with Crippen molar-refractivity contribution in [2.75, 3.05) is 40.0 Å². The molecule has 168 valence electrons. The minimum absolute atomic E-state index is 0.00366. The Morgan fingerprint density at radius 3 is 2.84 bits per heavy atom. The quantitative estimate of drug-likeness (QED) is 0.589. The fourth-order valence-corrected chi connectivity index (χ4v) is 4.70. The SMILES string of the molecule is COCC(=O)N(CC(=O)N1CCc2sccc2[C@@H]1COc1cccc(F)c1)CC(C)C. The number of hydrogen-bond acceptors (Lipinski definition) is 5. The molecule has 3 rings (SSSR count). The second-order valence-corrected chi connectivity index (χ2v) is 9.02. The van der Waals surface area contributed by atoms with Crippen molar-refractivity contribution in [3.8, 4) is 5.75 Å². The van der Waals surface area contributed by atoms with Gasteiger partial charge in [-0.05, 0) is 41.5 Å². The van der Waals surface area contributed by atoms with Crippen LogP contribution < -0.4 is 4.74 Å². The van der Waals surface area contributed by atoms with E-state index in [1.807, 2.05) is 25.3 Å². The molecule has 2 aromatic rings. The van der Waals surface area contributed by atoms with E-state index >= 15 is 0 Å². The molecular formula is C23H29FN2O4S. The predicted octanol–water partition coefficient (Wildman–Crippen LogP) is 3.52. The third kappa shape index (κ3) is 6.04. The summed E-state index contributed by atoms with van der Waals surface area (Å²) in [5, 5.41) is 2.01. The monoisotopic (exact) mass is 448 g/mol. The van der Waals surface area contributed by atoms with E-state index in [2.05, 4.69) is 0 Å². The number of benzene rings is 1. The van der Waals surface area contributed by atoms with E-state index in [-0.39, 0.29) is 49.3 Å². The van der Waals surface area contributed by atoms with Crippen LogP contribution in [0.15, 0.2) is 35.7 Å². The Morgan fingerprint density at radius 2 is 2.13 bits per heavy atom. The smallest absolute Gasteiger partial charge is 0.249 e. The normalized spacial score (nSPS) is 15.6. The molecule has 2 amide bonds. The molecule has 0 fully saturated rings. The highest BCUT2D eigenvalue weighted by molar-refractivity contribution is 7.10. The van der Waals surface area contributed by atoms with Gasteiger partial charge in [0.05, 0.1) is 12.6 Å². The zero-order valence-electron chi connectivity index (χ0n) is 18.2. The largest absolute Gasteiger partial charge is 0.491 e. The van der Waals surface area contributed by atoms with Crippen molar-refractivity contribution in [3.63, 3.8) is 0 Å². The number of ether oxygens (including phenoxy) is 2. The molecule has 1 aliphatic rings. The van der Waals surface area contributed by atoms with Crippen molar-refractivity contribution in [3.05, 3.63) is 52.0 Å². The maximum atomic E-state index is 13.5. The van der Waals surface area contributed by atoms with Crippen molar-refractivity contribution in [2.45, 2.75) is 26.3 Å². The molecule has 0 bridgehead atoms. The second-order valence-electron chi connectivity index (χ2n) is 8.02. The highest BCUT2D eigenvalue weighted by Crippen LogP contribution is 2.34. The number of carbonyl (C=O) groups is 2. The Balaban J connectivity index is 1.76. The molecule has 0 saturated carbocycles. The Bertz CT molecular complexity index is 901. The molecule has 2 heterocycles. The first-order valence-electron chi connectivity index (χ1n) is 10.4. The summed E-state index contributed by atoms with van der Waals surface area (Å²) in [6.45, 7) is 5.21. The van der Waals surface area contributed by atoms with Gasteiger partial charge >= 0.3 is 0 Å². The van der Waals surface area contributed by atoms with Crippen LogP contribution in [0.4, 0.5) is 4.39 Å². The van der Waals surface area contributed by atoms with Crippen LogP contribution in [-0.4, -0.2) is 61.6 Å². The van der Waals surface area contributed by atoms with Gasteiger partial charge in [0.1, 0.15) is 24.8 Å². The third-order valence-electron chi connectivity index (χ3n) is 5.15. The number of nitrogens with zero attached hydrogens (tertiary/aromatic N) is 2. The van der Waals surface area contributed by atoms with Crippen LogP contribution in [0, 0.1) is 11.7 Å². The van der Waals surface area contributed by atoms with Gasteiger partial charge in [0, 0.05) is 31.1 Å². The molecule has 0 aliphatic carbocycles. The van der Waals surface area contributed by atoms with Gasteiger partial charge in [-0.2, -0.15) is 0 Å². The Kier molecular flexibility index (Phi) is 8.03. The summed E-state index contributed by atoms with van der Waals surface area (Å²) < 4.78 is 24.4. The number of amides is 2. The minimum atomic E-state index is -0.369. The van der Waals surface area contributed by atoms with Crippen LogP contribution in [0.25, 0.3) is 0 Å². The van der Waals surface area contributed by atoms with Crippen LogP contribution in [0.2, 0.25) is 0 Å². The lowest BCUT2D eigenvalue weighted by Gasteiger charge is -2.37. The number of thiophene rings is 1. The summed E-state index contributed by atoms with van der Waals surface area (Å²) in [5.74, 6) is -0.0524. The first-order chi connectivity index (χ1) is 14.9. The van der Waals surface area contributed by atoms with Crippen molar-refractivity contribution in [1.82, 2.24) is 9.80 Å². The lowest BCUT2D eigenvalue weighted by molar-refractivity contribution is -0.145. The van der Waals surface area contributed by atoms with Gasteiger partial charge in [-0.3, -0.25) is 9.59 Å². The van der Waals surface area contributed by atoms with Gasteiger partial charge in [-0.15, -0.1) is 11.3 Å². The average molecular weight is 449 g/mol. The van der Waals surface area contributed by atoms with E-state index in [0.29, 0.717) is 18.8 Å². The molecule has 1 aromatic heterocycles. The zero-order valence-corrected chi connectivity index (χ0v) is 19.0. The van der Waals surface area contributed by atoms with Crippen LogP contribution >= 0.6 is 11.3 Å². The molecule has 0 spiro atoms. The summed E-state index contributed by atoms with van der Waals surface area (Å²) in [4.78, 5) is 30.3. The third-order valence-corrected chi connectivity index (χ3v) is 6.15. The lowest BCUT2D eigenvalue weighted by atomic mass is 10.0. The van der Waals surface area contributed by atoms with Gasteiger partial charge in [-0.1, -0.05) is 19.9 Å². The highest BCUT2D eigenvalue weighted by Gasteiger charge is 2.33. The summed E-state index contributed by atoms with van der Waals surface area (Å²) in [7, 11) is 1.47. The maximum Gasteiger partial charge on any atom is 0.249 e. The van der Waals surface area contributed by atoms with Gasteiger partial charge in [0.2, 0.25) is 11.8 Å². The summed E-state index contributed by atoms with van der Waals surface area (Å²) >= 11 is 1.67. The first-order valence-corrected chi connectivity index (χ1v) is 11.3. The van der Waals surface area contributed by atoms with E-state index in [0.717, 1.165) is 12.0 Å². The highest BCUT2D eigenvalue weighted by atomic mass is 32.1. The first kappa shape index (κ1) is 23.2. The molecule has 1 atom stereocenters. The molecule has 1 aliphatic heterocycles. The Hall–Kier alpha value is -2.45. The summed E-state index contributed by atoms with van der Waals surface area (Å²) in [6, 6.07) is 7.71. The number of carbonyl (C=O) groups excluding carboxylic acids is 2. The average Bonchev–Trinajstić information content (AvgIpc) is 3.20. The molecule has 0 unspecified atom stereocenters. The molecule has 8 heteroatoms. The summed E-state index contributed by atoms with van der Waals surface area (Å²) in [6.07, 6.45) is 0.769. The lowest BCUT2D eigenvalue weighted by Crippen LogP contribution is -2.49. The van der Waals surface area contributed by atoms with E-state index < -0.39 is 0 Å². The topological polar surface area (TPSA) is 59.1 Å². The number of methoxy groups -OCH3 is 1. The van der Waals surface area contributed by atoms with Crippen molar-refractivity contribution in [1.29, 1.82) is 0 Å². The van der Waals surface area contributed by atoms with Gasteiger partial charge in [0.15, 0.2) is 0 Å². The standard InChI is InChI=1S/C23H29FN2O4S/c1-16(2)12-25(23(28)15-29-3)13-22(27)26-9-7-21-19(8-10-31-21)20(26)14-30-18-6-4-5-17(24)11-18/h4-6,8,10-11,16,20H,7,9,12-15H2,1-3H3/t20-/m0/s1. The Morgan fingerprint density at radius 1 is 1.32 bits per heavy atom. The summed E-state index contributed by atoms with van der Waals surface area (Å²) in [5.41, 5.74) is 1.06. The molecule has 1 aromatic carbocycles. The predicted molar refractivity (Wildman–Crippen MR) is 118 cm³/mol. The van der Waals surface area contributed by atoms with E-state index in [1.54, 1.807) is 33.3 Å². The fourth-order valence-electron chi connectivity index (χ4n) is 3.77. The Labute approximate surface area is 186 Å². The van der Waals surface area contributed by atoms with Gasteiger partial charge in [-0.25, -0.2) is 4.39 Å². The molecule has 0 radical (unpaired) electrons. The number of hydrogen-bond donors (Lipinski definition) is 0. The van der Waals surface area contributed by atoms with Crippen LogP contribution in [0.1, 0.15) is 30.3 Å². The molecule has 6 nitrogen and oxygen atoms in total. The zero-order chi connectivity index (χ0) is 22.4. The molecular weight excluding hydrogens is 419 g/mol. The van der Waals surface area contributed by atoms with E-state index in [4.69, 9.17) is 9.47 Å². The van der Waals surface area contributed by atoms with Gasteiger partial charge < -0.3 is 19.3 Å². The van der Waals surface area contributed by atoms with Crippen molar-refractivity contribution < 1.29 is 23.5 Å². The van der Waals surface area contributed by atoms with Crippen LogP contribution in [-0.2, 0) is 20.7 Å². The minimum Gasteiger partial charge on any atom is -0.491 e. The van der Waals surface area contributed by atoms with Gasteiger partial charge in [0.25, 0.3) is 0 Å². The van der Waals surface area contributed by atoms with Crippen LogP contribution in [0.3, 0.4) is 0 Å². The van der Waals surface area contributed by atoms with Crippen LogP contribution in [0.5, 0.6) is 5.75 Å².